The van der Waals surface area contributed by atoms with Gasteiger partial charge in [-0.15, -0.1) is 0 Å². The molecular formula is C24H23N5O3. The van der Waals surface area contributed by atoms with Gasteiger partial charge in [0.25, 0.3) is 5.56 Å². The molecule has 0 saturated heterocycles. The summed E-state index contributed by atoms with van der Waals surface area (Å²) in [4.78, 5) is 30.2. The van der Waals surface area contributed by atoms with Gasteiger partial charge in [0.1, 0.15) is 5.75 Å². The summed E-state index contributed by atoms with van der Waals surface area (Å²) >= 11 is 0. The zero-order valence-corrected chi connectivity index (χ0v) is 18.6. The summed E-state index contributed by atoms with van der Waals surface area (Å²) < 4.78 is 11.7. The van der Waals surface area contributed by atoms with Crippen LogP contribution in [0.2, 0.25) is 0 Å². The van der Waals surface area contributed by atoms with Gasteiger partial charge in [0.15, 0.2) is 11.2 Å². The van der Waals surface area contributed by atoms with Crippen molar-refractivity contribution in [1.82, 2.24) is 23.1 Å². The Hall–Kier alpha value is -4.07. The third-order valence-corrected chi connectivity index (χ3v) is 5.80. The Morgan fingerprint density at radius 1 is 0.938 bits per heavy atom. The molecule has 3 heterocycles. The van der Waals surface area contributed by atoms with Crippen LogP contribution in [-0.2, 0) is 14.1 Å². The molecule has 0 radical (unpaired) electrons. The Labute approximate surface area is 183 Å². The van der Waals surface area contributed by atoms with Crippen molar-refractivity contribution in [2.45, 2.75) is 13.8 Å². The Balaban J connectivity index is 1.97. The van der Waals surface area contributed by atoms with Crippen LogP contribution in [-0.4, -0.2) is 30.2 Å². The van der Waals surface area contributed by atoms with E-state index in [9.17, 15) is 9.59 Å². The first-order valence-electron chi connectivity index (χ1n) is 10.2. The summed E-state index contributed by atoms with van der Waals surface area (Å²) in [5.41, 5.74) is 4.84. The zero-order chi connectivity index (χ0) is 22.7. The van der Waals surface area contributed by atoms with Gasteiger partial charge in [0.05, 0.1) is 12.8 Å². The SMILES string of the molecule is COc1cccc(-c2cn3c4c(=O)n(C)c(=O)n(C)c4nc3n2-c2cc(C)cc(C)c2)c1. The first-order chi connectivity index (χ1) is 15.3. The molecular weight excluding hydrogens is 406 g/mol. The van der Waals surface area contributed by atoms with Crippen molar-refractivity contribution in [1.29, 1.82) is 0 Å². The molecule has 8 nitrogen and oxygen atoms in total. The summed E-state index contributed by atoms with van der Waals surface area (Å²) in [6.45, 7) is 4.09. The maximum absolute atomic E-state index is 13.0. The highest BCUT2D eigenvalue weighted by Crippen LogP contribution is 2.31. The molecule has 0 spiro atoms. The van der Waals surface area contributed by atoms with Crippen molar-refractivity contribution in [3.63, 3.8) is 0 Å². The normalized spacial score (nSPS) is 11.5. The number of benzene rings is 2. The quantitative estimate of drug-likeness (QED) is 0.442. The summed E-state index contributed by atoms with van der Waals surface area (Å²) in [5.74, 6) is 1.29. The van der Waals surface area contributed by atoms with Crippen molar-refractivity contribution in [2.75, 3.05) is 7.11 Å². The number of rotatable bonds is 3. The molecule has 0 N–H and O–H groups in total. The van der Waals surface area contributed by atoms with E-state index in [1.165, 1.54) is 11.6 Å². The van der Waals surface area contributed by atoms with E-state index in [1.54, 1.807) is 18.6 Å². The first kappa shape index (κ1) is 19.9. The van der Waals surface area contributed by atoms with Gasteiger partial charge < -0.3 is 4.74 Å². The van der Waals surface area contributed by atoms with Gasteiger partial charge in [-0.05, 0) is 49.2 Å². The molecule has 0 unspecified atom stereocenters. The number of nitrogens with zero attached hydrogens (tertiary/aromatic N) is 5. The molecule has 32 heavy (non-hydrogen) atoms. The summed E-state index contributed by atoms with van der Waals surface area (Å²) in [5, 5.41) is 0. The molecule has 0 aliphatic rings. The molecule has 5 rings (SSSR count). The zero-order valence-electron chi connectivity index (χ0n) is 18.6. The number of aryl methyl sites for hydroxylation is 3. The van der Waals surface area contributed by atoms with Crippen LogP contribution in [0.5, 0.6) is 5.75 Å². The maximum atomic E-state index is 13.0. The van der Waals surface area contributed by atoms with Gasteiger partial charge in [0.2, 0.25) is 5.78 Å². The van der Waals surface area contributed by atoms with Crippen molar-refractivity contribution in [2.24, 2.45) is 14.1 Å². The van der Waals surface area contributed by atoms with Crippen molar-refractivity contribution in [3.05, 3.63) is 80.6 Å². The fourth-order valence-corrected chi connectivity index (χ4v) is 4.29. The minimum Gasteiger partial charge on any atom is -0.497 e. The second-order valence-corrected chi connectivity index (χ2v) is 8.09. The lowest BCUT2D eigenvalue weighted by Gasteiger charge is -2.12. The predicted molar refractivity (Wildman–Crippen MR) is 124 cm³/mol. The Bertz CT molecular complexity index is 1630. The van der Waals surface area contributed by atoms with Crippen LogP contribution >= 0.6 is 0 Å². The van der Waals surface area contributed by atoms with Crippen molar-refractivity contribution < 1.29 is 4.74 Å². The van der Waals surface area contributed by atoms with Crippen LogP contribution in [0, 0.1) is 13.8 Å². The van der Waals surface area contributed by atoms with Crippen LogP contribution in [0.25, 0.3) is 33.9 Å². The van der Waals surface area contributed by atoms with Gasteiger partial charge in [-0.3, -0.25) is 22.9 Å². The molecule has 0 aliphatic carbocycles. The molecule has 0 saturated carbocycles. The molecule has 0 aliphatic heterocycles. The molecule has 0 amide bonds. The topological polar surface area (TPSA) is 75.5 Å². The Morgan fingerprint density at radius 2 is 1.66 bits per heavy atom. The van der Waals surface area contributed by atoms with E-state index in [4.69, 9.17) is 9.72 Å². The summed E-state index contributed by atoms with van der Waals surface area (Å²) in [7, 11) is 4.74. The average molecular weight is 429 g/mol. The van der Waals surface area contributed by atoms with Crippen LogP contribution in [0.4, 0.5) is 0 Å². The molecule has 0 atom stereocenters. The number of hydrogen-bond donors (Lipinski definition) is 0. The lowest BCUT2D eigenvalue weighted by Crippen LogP contribution is -2.37. The predicted octanol–water partition coefficient (Wildman–Crippen LogP) is 2.97. The number of methoxy groups -OCH3 is 1. The van der Waals surface area contributed by atoms with E-state index in [2.05, 4.69) is 18.2 Å². The lowest BCUT2D eigenvalue weighted by molar-refractivity contribution is 0.415. The number of hydrogen-bond acceptors (Lipinski definition) is 4. The molecule has 2 aromatic carbocycles. The van der Waals surface area contributed by atoms with E-state index >= 15 is 0 Å². The average Bonchev–Trinajstić information content (AvgIpc) is 3.32. The first-order valence-corrected chi connectivity index (χ1v) is 10.2. The number of fused-ring (bicyclic) bond motifs is 3. The molecule has 0 bridgehead atoms. The monoisotopic (exact) mass is 429 g/mol. The second kappa shape index (κ2) is 6.98. The highest BCUT2D eigenvalue weighted by atomic mass is 16.5. The molecule has 3 aromatic heterocycles. The van der Waals surface area contributed by atoms with Crippen LogP contribution in [0.15, 0.2) is 58.3 Å². The van der Waals surface area contributed by atoms with E-state index in [1.807, 2.05) is 48.9 Å². The van der Waals surface area contributed by atoms with Gasteiger partial charge in [-0.1, -0.05) is 18.2 Å². The van der Waals surface area contributed by atoms with E-state index in [0.29, 0.717) is 16.9 Å². The summed E-state index contributed by atoms with van der Waals surface area (Å²) in [6.07, 6.45) is 1.89. The second-order valence-electron chi connectivity index (χ2n) is 8.09. The standard InChI is InChI=1S/C24H23N5O3/c1-14-9-15(2)11-17(10-14)29-19(16-7-6-8-18(12-16)32-5)13-28-20-21(25-23(28)29)26(3)24(31)27(4)22(20)30/h6-13H,1-5H3. The summed E-state index contributed by atoms with van der Waals surface area (Å²) in [6, 6.07) is 14.0. The van der Waals surface area contributed by atoms with Crippen LogP contribution in [0.1, 0.15) is 11.1 Å². The number of aromatic nitrogens is 5. The van der Waals surface area contributed by atoms with Gasteiger partial charge in [-0.25, -0.2) is 4.79 Å². The Kier molecular flexibility index (Phi) is 4.33. The third kappa shape index (κ3) is 2.80. The fourth-order valence-electron chi connectivity index (χ4n) is 4.29. The van der Waals surface area contributed by atoms with Crippen molar-refractivity contribution in [3.8, 4) is 22.7 Å². The van der Waals surface area contributed by atoms with E-state index < -0.39 is 5.69 Å². The highest BCUT2D eigenvalue weighted by molar-refractivity contribution is 5.79. The van der Waals surface area contributed by atoms with Crippen molar-refractivity contribution >= 4 is 16.9 Å². The van der Waals surface area contributed by atoms with Crippen LogP contribution < -0.4 is 16.0 Å². The lowest BCUT2D eigenvalue weighted by atomic mass is 10.1. The minimum atomic E-state index is -0.408. The molecule has 162 valence electrons. The van der Waals surface area contributed by atoms with Gasteiger partial charge >= 0.3 is 5.69 Å². The molecule has 8 heteroatoms. The highest BCUT2D eigenvalue weighted by Gasteiger charge is 2.22. The minimum absolute atomic E-state index is 0.350. The molecule has 0 fully saturated rings. The maximum Gasteiger partial charge on any atom is 0.332 e. The number of imidazole rings is 2. The van der Waals surface area contributed by atoms with Crippen LogP contribution in [0.3, 0.4) is 0 Å². The van der Waals surface area contributed by atoms with E-state index in [0.717, 1.165) is 38.4 Å². The van der Waals surface area contributed by atoms with E-state index in [-0.39, 0.29) is 5.56 Å². The third-order valence-electron chi connectivity index (χ3n) is 5.80. The van der Waals surface area contributed by atoms with Gasteiger partial charge in [0, 0.05) is 31.5 Å². The Morgan fingerprint density at radius 3 is 2.34 bits per heavy atom. The number of ether oxygens (including phenoxy) is 1. The fraction of sp³-hybridized carbons (Fsp3) is 0.208. The smallest absolute Gasteiger partial charge is 0.332 e. The van der Waals surface area contributed by atoms with Gasteiger partial charge in [-0.2, -0.15) is 4.98 Å². The molecule has 5 aromatic rings. The largest absolute Gasteiger partial charge is 0.497 e.